The van der Waals surface area contributed by atoms with Gasteiger partial charge in [0.05, 0.1) is 14.2 Å². The van der Waals surface area contributed by atoms with Crippen LogP contribution in [0.4, 0.5) is 0 Å². The molecule has 0 bridgehead atoms. The molecule has 1 atom stereocenters. The second-order valence-electron chi connectivity index (χ2n) is 4.54. The fourth-order valence-corrected chi connectivity index (χ4v) is 2.15. The van der Waals surface area contributed by atoms with Crippen LogP contribution in [0.3, 0.4) is 0 Å². The number of ether oxygens (including phenoxy) is 2. The molecule has 3 nitrogen and oxygen atoms in total. The number of nitrogens with two attached hydrogens (primary N) is 1. The van der Waals surface area contributed by atoms with Crippen molar-refractivity contribution in [2.45, 2.75) is 45.1 Å². The summed E-state index contributed by atoms with van der Waals surface area (Å²) in [4.78, 5) is 0. The molecule has 102 valence electrons. The van der Waals surface area contributed by atoms with Crippen molar-refractivity contribution in [3.05, 3.63) is 23.8 Å². The molecule has 3 heteroatoms. The van der Waals surface area contributed by atoms with Crippen molar-refractivity contribution in [3.63, 3.8) is 0 Å². The molecule has 18 heavy (non-hydrogen) atoms. The first-order chi connectivity index (χ1) is 8.74. The normalized spacial score (nSPS) is 12.2. The van der Waals surface area contributed by atoms with Gasteiger partial charge in [0.2, 0.25) is 0 Å². The smallest absolute Gasteiger partial charge is 0.165 e. The summed E-state index contributed by atoms with van der Waals surface area (Å²) in [5.41, 5.74) is 7.28. The van der Waals surface area contributed by atoms with Gasteiger partial charge in [0.15, 0.2) is 11.5 Å². The van der Waals surface area contributed by atoms with Gasteiger partial charge in [-0.2, -0.15) is 0 Å². The Kier molecular flexibility index (Phi) is 6.58. The summed E-state index contributed by atoms with van der Waals surface area (Å²) in [6, 6.07) is 5.90. The molecule has 0 spiro atoms. The van der Waals surface area contributed by atoms with Crippen molar-refractivity contribution in [3.8, 4) is 11.5 Å². The average Bonchev–Trinajstić information content (AvgIpc) is 2.42. The van der Waals surface area contributed by atoms with Crippen molar-refractivity contribution in [1.29, 1.82) is 0 Å². The highest BCUT2D eigenvalue weighted by Crippen LogP contribution is 2.35. The second-order valence-corrected chi connectivity index (χ2v) is 4.54. The third-order valence-electron chi connectivity index (χ3n) is 3.20. The van der Waals surface area contributed by atoms with E-state index in [0.29, 0.717) is 0 Å². The maximum absolute atomic E-state index is 6.24. The highest BCUT2D eigenvalue weighted by Gasteiger charge is 2.15. The number of hydrogen-bond donors (Lipinski definition) is 1. The van der Waals surface area contributed by atoms with Gasteiger partial charge in [-0.1, -0.05) is 44.7 Å². The Morgan fingerprint density at radius 1 is 1.11 bits per heavy atom. The first-order valence-corrected chi connectivity index (χ1v) is 6.71. The Morgan fingerprint density at radius 2 is 1.89 bits per heavy atom. The minimum absolute atomic E-state index is 0.0203. The summed E-state index contributed by atoms with van der Waals surface area (Å²) in [6.07, 6.45) is 5.93. The number of unbranched alkanes of at least 4 members (excludes halogenated alkanes) is 3. The van der Waals surface area contributed by atoms with Crippen molar-refractivity contribution >= 4 is 0 Å². The lowest BCUT2D eigenvalue weighted by atomic mass is 9.99. The van der Waals surface area contributed by atoms with Crippen LogP contribution >= 0.6 is 0 Å². The lowest BCUT2D eigenvalue weighted by molar-refractivity contribution is 0.348. The van der Waals surface area contributed by atoms with Gasteiger partial charge < -0.3 is 15.2 Å². The van der Waals surface area contributed by atoms with E-state index in [-0.39, 0.29) is 6.04 Å². The monoisotopic (exact) mass is 251 g/mol. The van der Waals surface area contributed by atoms with Crippen LogP contribution in [0.25, 0.3) is 0 Å². The number of rotatable bonds is 8. The van der Waals surface area contributed by atoms with Gasteiger partial charge in [-0.15, -0.1) is 0 Å². The summed E-state index contributed by atoms with van der Waals surface area (Å²) >= 11 is 0. The van der Waals surface area contributed by atoms with E-state index in [1.54, 1.807) is 14.2 Å². The predicted molar refractivity (Wildman–Crippen MR) is 75.2 cm³/mol. The van der Waals surface area contributed by atoms with Crippen molar-refractivity contribution in [2.24, 2.45) is 5.73 Å². The van der Waals surface area contributed by atoms with Gasteiger partial charge in [-0.3, -0.25) is 0 Å². The van der Waals surface area contributed by atoms with Crippen LogP contribution in [-0.2, 0) is 0 Å². The van der Waals surface area contributed by atoms with Crippen LogP contribution in [-0.4, -0.2) is 14.2 Å². The van der Waals surface area contributed by atoms with E-state index >= 15 is 0 Å². The van der Waals surface area contributed by atoms with Crippen LogP contribution in [0, 0.1) is 0 Å². The number of para-hydroxylation sites is 1. The molecule has 0 radical (unpaired) electrons. The van der Waals surface area contributed by atoms with Gasteiger partial charge in [0.1, 0.15) is 0 Å². The molecule has 0 saturated carbocycles. The number of benzene rings is 1. The van der Waals surface area contributed by atoms with Crippen LogP contribution < -0.4 is 15.2 Å². The first kappa shape index (κ1) is 14.8. The molecular weight excluding hydrogens is 226 g/mol. The molecule has 2 N–H and O–H groups in total. The fourth-order valence-electron chi connectivity index (χ4n) is 2.15. The quantitative estimate of drug-likeness (QED) is 0.717. The molecule has 0 aliphatic rings. The maximum Gasteiger partial charge on any atom is 0.165 e. The van der Waals surface area contributed by atoms with Crippen molar-refractivity contribution in [1.82, 2.24) is 0 Å². The lowest BCUT2D eigenvalue weighted by Gasteiger charge is -2.17. The summed E-state index contributed by atoms with van der Waals surface area (Å²) in [5.74, 6) is 1.52. The Hall–Kier alpha value is -1.22. The van der Waals surface area contributed by atoms with Crippen LogP contribution in [0.2, 0.25) is 0 Å². The van der Waals surface area contributed by atoms with E-state index in [4.69, 9.17) is 15.2 Å². The predicted octanol–water partition coefficient (Wildman–Crippen LogP) is 3.67. The third kappa shape index (κ3) is 3.91. The fraction of sp³-hybridized carbons (Fsp3) is 0.600. The topological polar surface area (TPSA) is 44.5 Å². The Labute approximate surface area is 110 Å². The maximum atomic E-state index is 6.24. The Bertz CT molecular complexity index is 352. The van der Waals surface area contributed by atoms with Gasteiger partial charge in [-0.25, -0.2) is 0 Å². The van der Waals surface area contributed by atoms with Gasteiger partial charge >= 0.3 is 0 Å². The van der Waals surface area contributed by atoms with E-state index in [1.165, 1.54) is 19.3 Å². The molecule has 0 aliphatic carbocycles. The van der Waals surface area contributed by atoms with Gasteiger partial charge in [0, 0.05) is 11.6 Å². The van der Waals surface area contributed by atoms with E-state index < -0.39 is 0 Å². The molecule has 1 aromatic carbocycles. The molecule has 0 saturated heterocycles. The molecule has 0 fully saturated rings. The Balaban J connectivity index is 2.69. The molecule has 0 aliphatic heterocycles. The zero-order chi connectivity index (χ0) is 13.4. The molecule has 0 amide bonds. The van der Waals surface area contributed by atoms with Gasteiger partial charge in [0.25, 0.3) is 0 Å². The van der Waals surface area contributed by atoms with Crippen molar-refractivity contribution < 1.29 is 9.47 Å². The van der Waals surface area contributed by atoms with E-state index in [1.807, 2.05) is 18.2 Å². The lowest BCUT2D eigenvalue weighted by Crippen LogP contribution is -2.12. The van der Waals surface area contributed by atoms with Gasteiger partial charge in [-0.05, 0) is 12.5 Å². The molecule has 1 rings (SSSR count). The molecule has 1 unspecified atom stereocenters. The number of hydrogen-bond acceptors (Lipinski definition) is 3. The summed E-state index contributed by atoms with van der Waals surface area (Å²) in [6.45, 7) is 2.21. The SMILES string of the molecule is CCCCCCC(N)c1cccc(OC)c1OC. The van der Waals surface area contributed by atoms with E-state index in [2.05, 4.69) is 6.92 Å². The standard InChI is InChI=1S/C15H25NO2/c1-4-5-6-7-10-13(16)12-9-8-11-14(17-2)15(12)18-3/h8-9,11,13H,4-7,10,16H2,1-3H3. The summed E-state index contributed by atoms with van der Waals surface area (Å²) in [7, 11) is 3.31. The second kappa shape index (κ2) is 7.98. The minimum Gasteiger partial charge on any atom is -0.493 e. The summed E-state index contributed by atoms with van der Waals surface area (Å²) < 4.78 is 10.7. The van der Waals surface area contributed by atoms with Crippen LogP contribution in [0.5, 0.6) is 11.5 Å². The van der Waals surface area contributed by atoms with Crippen molar-refractivity contribution in [2.75, 3.05) is 14.2 Å². The zero-order valence-electron chi connectivity index (χ0n) is 11.7. The minimum atomic E-state index is 0.0203. The van der Waals surface area contributed by atoms with Crippen LogP contribution in [0.1, 0.15) is 50.6 Å². The van der Waals surface area contributed by atoms with Crippen LogP contribution in [0.15, 0.2) is 18.2 Å². The molecule has 0 aromatic heterocycles. The summed E-state index contributed by atoms with van der Waals surface area (Å²) in [5, 5.41) is 0. The molecule has 0 heterocycles. The largest absolute Gasteiger partial charge is 0.493 e. The highest BCUT2D eigenvalue weighted by atomic mass is 16.5. The zero-order valence-corrected chi connectivity index (χ0v) is 11.7. The number of methoxy groups -OCH3 is 2. The van der Waals surface area contributed by atoms with E-state index in [0.717, 1.165) is 29.9 Å². The average molecular weight is 251 g/mol. The first-order valence-electron chi connectivity index (χ1n) is 6.71. The Morgan fingerprint density at radius 3 is 2.50 bits per heavy atom. The highest BCUT2D eigenvalue weighted by molar-refractivity contribution is 5.47. The third-order valence-corrected chi connectivity index (χ3v) is 3.20. The molecule has 1 aromatic rings. The molecular formula is C15H25NO2. The van der Waals surface area contributed by atoms with E-state index in [9.17, 15) is 0 Å².